The predicted molar refractivity (Wildman–Crippen MR) is 150 cm³/mol. The Bertz CT molecular complexity index is 1470. The van der Waals surface area contributed by atoms with Crippen LogP contribution in [0.1, 0.15) is 50.5 Å². The van der Waals surface area contributed by atoms with Gasteiger partial charge in [-0.2, -0.15) is 5.10 Å². The van der Waals surface area contributed by atoms with E-state index in [1.54, 1.807) is 48.5 Å². The normalized spacial score (nSPS) is 18.4. The second kappa shape index (κ2) is 11.4. The van der Waals surface area contributed by atoms with Crippen LogP contribution in [0, 0.1) is 0 Å². The van der Waals surface area contributed by atoms with E-state index in [-0.39, 0.29) is 4.90 Å². The Hall–Kier alpha value is -3.01. The highest BCUT2D eigenvalue weighted by atomic mass is 32.2. The van der Waals surface area contributed by atoms with Crippen molar-refractivity contribution in [2.45, 2.75) is 55.9 Å². The van der Waals surface area contributed by atoms with Crippen molar-refractivity contribution in [3.8, 4) is 11.1 Å². The molecule has 38 heavy (non-hydrogen) atoms. The monoisotopic (exact) mass is 535 g/mol. The van der Waals surface area contributed by atoms with Gasteiger partial charge in [0.25, 0.3) is 10.0 Å². The lowest BCUT2D eigenvalue weighted by Crippen LogP contribution is -2.40. The molecule has 202 valence electrons. The van der Waals surface area contributed by atoms with Gasteiger partial charge in [-0.05, 0) is 68.3 Å². The largest absolute Gasteiger partial charge is 0.383 e. The molecule has 9 heteroatoms. The third-order valence-corrected chi connectivity index (χ3v) is 9.39. The van der Waals surface area contributed by atoms with Crippen LogP contribution in [0.4, 0.5) is 0 Å². The molecule has 0 atom stereocenters. The Kier molecular flexibility index (Phi) is 7.97. The van der Waals surface area contributed by atoms with E-state index < -0.39 is 10.0 Å². The topological polar surface area (TPSA) is 82.2 Å². The zero-order valence-electron chi connectivity index (χ0n) is 22.5. The van der Waals surface area contributed by atoms with Gasteiger partial charge in [0.1, 0.15) is 0 Å². The number of hydrogen-bond acceptors (Lipinski definition) is 6. The molecule has 0 N–H and O–H groups in total. The van der Waals surface area contributed by atoms with Gasteiger partial charge < -0.3 is 4.74 Å². The number of aromatic nitrogens is 4. The van der Waals surface area contributed by atoms with E-state index in [4.69, 9.17) is 9.72 Å². The molecular weight excluding hydrogens is 498 g/mol. The quantitative estimate of drug-likeness (QED) is 0.282. The van der Waals surface area contributed by atoms with E-state index in [1.807, 2.05) is 25.5 Å². The number of nitrogens with zero attached hydrogens (tertiary/aromatic N) is 5. The minimum atomic E-state index is -3.80. The number of hydrogen-bond donors (Lipinski definition) is 0. The van der Waals surface area contributed by atoms with Gasteiger partial charge in [0.15, 0.2) is 5.65 Å². The highest BCUT2D eigenvalue weighted by Gasteiger charge is 2.28. The van der Waals surface area contributed by atoms with Crippen molar-refractivity contribution in [1.29, 1.82) is 0 Å². The lowest BCUT2D eigenvalue weighted by molar-refractivity contribution is 0.0990. The van der Waals surface area contributed by atoms with E-state index in [0.29, 0.717) is 17.6 Å². The third kappa shape index (κ3) is 5.28. The summed E-state index contributed by atoms with van der Waals surface area (Å²) in [4.78, 5) is 7.57. The first-order valence-electron chi connectivity index (χ1n) is 13.5. The zero-order chi connectivity index (χ0) is 26.7. The Morgan fingerprint density at radius 3 is 2.47 bits per heavy atom. The Balaban J connectivity index is 1.48. The Morgan fingerprint density at radius 2 is 1.82 bits per heavy atom. The molecule has 8 nitrogen and oxygen atoms in total. The summed E-state index contributed by atoms with van der Waals surface area (Å²) >= 11 is 0. The van der Waals surface area contributed by atoms with Crippen molar-refractivity contribution in [2.75, 3.05) is 26.8 Å². The summed E-state index contributed by atoms with van der Waals surface area (Å²) in [6, 6.07) is 11.3. The summed E-state index contributed by atoms with van der Waals surface area (Å²) in [5.41, 5.74) is 3.31. The standard InChI is InChI=1S/C29H37N5O3S/c1-4-14-33(15-16-37-3)25-12-10-22(11-13-25)23-17-27-28(24-19-31-32(2)20-24)21-34(29(27)30-18-23)38(35,36)26-8-6-5-7-9-26/h5-9,17-22,25H,4,10-16H2,1-3H3. The van der Waals surface area contributed by atoms with Gasteiger partial charge in [-0.3, -0.25) is 9.58 Å². The van der Waals surface area contributed by atoms with E-state index in [1.165, 1.54) is 9.54 Å². The molecular formula is C29H37N5O3S. The van der Waals surface area contributed by atoms with E-state index in [9.17, 15) is 8.42 Å². The summed E-state index contributed by atoms with van der Waals surface area (Å²) in [5.74, 6) is 0.407. The van der Waals surface area contributed by atoms with E-state index >= 15 is 0 Å². The van der Waals surface area contributed by atoms with Crippen LogP contribution in [0.25, 0.3) is 22.2 Å². The zero-order valence-corrected chi connectivity index (χ0v) is 23.3. The second-order valence-electron chi connectivity index (χ2n) is 10.2. The van der Waals surface area contributed by atoms with Crippen LogP contribution in [0.3, 0.4) is 0 Å². The van der Waals surface area contributed by atoms with Crippen molar-refractivity contribution < 1.29 is 13.2 Å². The van der Waals surface area contributed by atoms with Gasteiger partial charge in [0.05, 0.1) is 17.7 Å². The van der Waals surface area contributed by atoms with Gasteiger partial charge in [0.2, 0.25) is 0 Å². The summed E-state index contributed by atoms with van der Waals surface area (Å²) in [6.07, 6.45) is 12.9. The molecule has 1 aromatic carbocycles. The molecule has 1 aliphatic carbocycles. The van der Waals surface area contributed by atoms with Crippen LogP contribution in [0.15, 0.2) is 66.1 Å². The van der Waals surface area contributed by atoms with E-state index in [0.717, 1.165) is 68.3 Å². The van der Waals surface area contributed by atoms with Crippen LogP contribution in [-0.2, 0) is 21.8 Å². The highest BCUT2D eigenvalue weighted by molar-refractivity contribution is 7.90. The fourth-order valence-electron chi connectivity index (χ4n) is 5.75. The molecule has 5 rings (SSSR count). The minimum absolute atomic E-state index is 0.240. The fraction of sp³-hybridized carbons (Fsp3) is 0.448. The molecule has 1 saturated carbocycles. The van der Waals surface area contributed by atoms with Crippen molar-refractivity contribution in [2.24, 2.45) is 7.05 Å². The number of rotatable bonds is 10. The maximum atomic E-state index is 13.6. The van der Waals surface area contributed by atoms with Crippen molar-refractivity contribution in [1.82, 2.24) is 23.6 Å². The van der Waals surface area contributed by atoms with Gasteiger partial charge in [0, 0.05) is 61.8 Å². The average Bonchev–Trinajstić information content (AvgIpc) is 3.55. The molecule has 0 aliphatic heterocycles. The predicted octanol–water partition coefficient (Wildman–Crippen LogP) is 5.06. The summed E-state index contributed by atoms with van der Waals surface area (Å²) in [7, 11) is -0.175. The van der Waals surface area contributed by atoms with Gasteiger partial charge >= 0.3 is 0 Å². The van der Waals surface area contributed by atoms with E-state index in [2.05, 4.69) is 23.0 Å². The highest BCUT2D eigenvalue weighted by Crippen LogP contribution is 2.38. The molecule has 0 bridgehead atoms. The molecule has 0 spiro atoms. The average molecular weight is 536 g/mol. The van der Waals surface area contributed by atoms with Gasteiger partial charge in [-0.15, -0.1) is 0 Å². The molecule has 0 radical (unpaired) electrons. The molecule has 1 fully saturated rings. The smallest absolute Gasteiger partial charge is 0.269 e. The van der Waals surface area contributed by atoms with Crippen molar-refractivity contribution in [3.63, 3.8) is 0 Å². The lowest BCUT2D eigenvalue weighted by atomic mass is 9.81. The number of aryl methyl sites for hydroxylation is 1. The maximum absolute atomic E-state index is 13.6. The molecule has 0 unspecified atom stereocenters. The Labute approximate surface area is 225 Å². The number of methoxy groups -OCH3 is 1. The van der Waals surface area contributed by atoms with Crippen LogP contribution < -0.4 is 0 Å². The minimum Gasteiger partial charge on any atom is -0.383 e. The molecule has 0 saturated heterocycles. The molecule has 4 aromatic rings. The van der Waals surface area contributed by atoms with Crippen LogP contribution in [0.5, 0.6) is 0 Å². The molecule has 0 amide bonds. The van der Waals surface area contributed by atoms with Crippen LogP contribution in [0.2, 0.25) is 0 Å². The van der Waals surface area contributed by atoms with Crippen molar-refractivity contribution >= 4 is 21.1 Å². The molecule has 3 aromatic heterocycles. The first-order chi connectivity index (χ1) is 18.4. The fourth-order valence-corrected chi connectivity index (χ4v) is 7.09. The number of pyridine rings is 1. The summed E-state index contributed by atoms with van der Waals surface area (Å²) in [6.45, 7) is 5.08. The van der Waals surface area contributed by atoms with Crippen LogP contribution in [-0.4, -0.2) is 64.9 Å². The first kappa shape index (κ1) is 26.6. The number of ether oxygens (including phenoxy) is 1. The summed E-state index contributed by atoms with van der Waals surface area (Å²) in [5, 5.41) is 5.16. The number of benzene rings is 1. The third-order valence-electron chi connectivity index (χ3n) is 7.73. The van der Waals surface area contributed by atoms with Crippen molar-refractivity contribution in [3.05, 3.63) is 66.7 Å². The molecule has 1 aliphatic rings. The Morgan fingerprint density at radius 1 is 1.05 bits per heavy atom. The van der Waals surface area contributed by atoms with Gasteiger partial charge in [-0.1, -0.05) is 25.1 Å². The SMILES string of the molecule is CCCN(CCOC)C1CCC(c2cnc3c(c2)c(-c2cnn(C)c2)cn3S(=O)(=O)c2ccccc2)CC1. The second-order valence-corrected chi connectivity index (χ2v) is 12.0. The maximum Gasteiger partial charge on any atom is 0.269 e. The van der Waals surface area contributed by atoms with Gasteiger partial charge in [-0.25, -0.2) is 17.4 Å². The molecule has 3 heterocycles. The first-order valence-corrected chi connectivity index (χ1v) is 14.9. The summed E-state index contributed by atoms with van der Waals surface area (Å²) < 4.78 is 35.6. The number of fused-ring (bicyclic) bond motifs is 1. The van der Waals surface area contributed by atoms with Crippen LogP contribution >= 0.6 is 0 Å². The lowest BCUT2D eigenvalue weighted by Gasteiger charge is -2.37.